The Kier molecular flexibility index (Phi) is 8.23. The smallest absolute Gasteiger partial charge is 0.0726 e. The van der Waals surface area contributed by atoms with Gasteiger partial charge in [-0.1, -0.05) is 200 Å². The van der Waals surface area contributed by atoms with Gasteiger partial charge in [0.15, 0.2) is 0 Å². The molecule has 0 N–H and O–H groups in total. The lowest BCUT2D eigenvalue weighted by atomic mass is 9.61. The number of hydrogen-bond acceptors (Lipinski definition) is 1. The summed E-state index contributed by atoms with van der Waals surface area (Å²) in [6.45, 7) is 0. The van der Waals surface area contributed by atoms with Crippen LogP contribution in [0.2, 0.25) is 0 Å². The van der Waals surface area contributed by atoms with E-state index in [1.807, 2.05) is 0 Å². The van der Waals surface area contributed by atoms with E-state index in [0.717, 1.165) is 22.7 Å². The summed E-state index contributed by atoms with van der Waals surface area (Å²) in [4.78, 5) is 2.47. The minimum absolute atomic E-state index is 0.577. The van der Waals surface area contributed by atoms with Crippen molar-refractivity contribution in [3.8, 4) is 50.2 Å². The first-order valence-corrected chi connectivity index (χ1v) is 23.3. The molecule has 11 aromatic carbocycles. The van der Waals surface area contributed by atoms with Crippen LogP contribution in [0.5, 0.6) is 0 Å². The standard InChI is InChI=1S/C65H42N2/c1-4-17-43(18-5-1)44-31-33-47(34-32-44)66(49-36-38-55-54-25-12-15-30-62(54)67(63(55)42-49)46-21-8-3-9-22-46)48-35-37-53-51-23-10-13-27-58(51)65(61(53)41-48)59-28-14-11-24-52(59)57-40-39-50(45-19-6-2-7-20-45)56-26-16-29-60(65)64(56)57/h1-42H. The molecule has 2 aliphatic rings. The SMILES string of the molecule is c1ccc(-c2ccc(N(c3ccc4c(c3)C3(c5ccccc5-4)c4ccccc4-c4ccc(-c5ccccc5)c5cccc3c45)c3ccc4c5ccccc5n(-c5ccccc5)c4c3)cc2)cc1. The Labute approximate surface area is 389 Å². The monoisotopic (exact) mass is 850 g/mol. The Morgan fingerprint density at radius 1 is 0.284 bits per heavy atom. The molecule has 0 saturated heterocycles. The van der Waals surface area contributed by atoms with Crippen molar-refractivity contribution in [2.45, 2.75) is 5.41 Å². The van der Waals surface area contributed by atoms with Crippen molar-refractivity contribution in [2.75, 3.05) is 4.90 Å². The van der Waals surface area contributed by atoms with Crippen LogP contribution < -0.4 is 4.90 Å². The van der Waals surface area contributed by atoms with E-state index >= 15 is 0 Å². The van der Waals surface area contributed by atoms with E-state index in [9.17, 15) is 0 Å². The summed E-state index contributed by atoms with van der Waals surface area (Å²) in [5.41, 5.74) is 21.5. The van der Waals surface area contributed by atoms with Crippen LogP contribution in [-0.2, 0) is 5.41 Å². The van der Waals surface area contributed by atoms with Gasteiger partial charge in [0, 0.05) is 33.5 Å². The summed E-state index contributed by atoms with van der Waals surface area (Å²) in [6.07, 6.45) is 0. The molecule has 2 heteroatoms. The quantitative estimate of drug-likeness (QED) is 0.162. The lowest BCUT2D eigenvalue weighted by molar-refractivity contribution is 0.773. The highest BCUT2D eigenvalue weighted by Gasteiger charge is 2.50. The topological polar surface area (TPSA) is 8.17 Å². The van der Waals surface area contributed by atoms with Gasteiger partial charge in [0.05, 0.1) is 16.4 Å². The van der Waals surface area contributed by atoms with Crippen LogP contribution in [0.4, 0.5) is 17.1 Å². The van der Waals surface area contributed by atoms with Crippen LogP contribution in [0.25, 0.3) is 82.8 Å². The maximum atomic E-state index is 2.51. The average molecular weight is 851 g/mol. The fraction of sp³-hybridized carbons (Fsp3) is 0.0154. The summed E-state index contributed by atoms with van der Waals surface area (Å²) < 4.78 is 2.42. The van der Waals surface area contributed by atoms with E-state index < -0.39 is 5.41 Å². The Bertz CT molecular complexity index is 3900. The molecular formula is C65H42N2. The summed E-state index contributed by atoms with van der Waals surface area (Å²) in [7, 11) is 0. The second-order valence-corrected chi connectivity index (χ2v) is 18.0. The summed E-state index contributed by atoms with van der Waals surface area (Å²) >= 11 is 0. The van der Waals surface area contributed by atoms with E-state index in [2.05, 4.69) is 264 Å². The van der Waals surface area contributed by atoms with Gasteiger partial charge in [0.2, 0.25) is 0 Å². The first kappa shape index (κ1) is 37.6. The van der Waals surface area contributed by atoms with Gasteiger partial charge < -0.3 is 9.47 Å². The lowest BCUT2D eigenvalue weighted by Crippen LogP contribution is -2.32. The molecule has 14 rings (SSSR count). The fourth-order valence-electron chi connectivity index (χ4n) is 11.8. The van der Waals surface area contributed by atoms with Crippen molar-refractivity contribution >= 4 is 49.6 Å². The summed E-state index contributed by atoms with van der Waals surface area (Å²) in [6, 6.07) is 94.5. The van der Waals surface area contributed by atoms with Crippen LogP contribution in [-0.4, -0.2) is 4.57 Å². The van der Waals surface area contributed by atoms with Gasteiger partial charge in [-0.25, -0.2) is 0 Å². The van der Waals surface area contributed by atoms with E-state index in [-0.39, 0.29) is 0 Å². The van der Waals surface area contributed by atoms with E-state index in [1.165, 1.54) is 99.3 Å². The zero-order valence-corrected chi connectivity index (χ0v) is 36.6. The first-order valence-electron chi connectivity index (χ1n) is 23.3. The third-order valence-electron chi connectivity index (χ3n) is 14.6. The predicted octanol–water partition coefficient (Wildman–Crippen LogP) is 17.1. The maximum Gasteiger partial charge on any atom is 0.0726 e. The van der Waals surface area contributed by atoms with Crippen LogP contribution in [0, 0.1) is 0 Å². The molecule has 0 radical (unpaired) electrons. The largest absolute Gasteiger partial charge is 0.310 e. The maximum absolute atomic E-state index is 2.51. The van der Waals surface area contributed by atoms with Crippen LogP contribution in [0.15, 0.2) is 255 Å². The van der Waals surface area contributed by atoms with Crippen LogP contribution >= 0.6 is 0 Å². The van der Waals surface area contributed by atoms with Crippen molar-refractivity contribution in [3.05, 3.63) is 277 Å². The number of hydrogen-bond donors (Lipinski definition) is 0. The van der Waals surface area contributed by atoms with Crippen molar-refractivity contribution in [3.63, 3.8) is 0 Å². The van der Waals surface area contributed by atoms with Gasteiger partial charge >= 0.3 is 0 Å². The molecule has 12 aromatic rings. The Morgan fingerprint density at radius 2 is 0.791 bits per heavy atom. The number of fused-ring (bicyclic) bond motifs is 12. The molecule has 0 fully saturated rings. The normalized spacial score (nSPS) is 14.3. The van der Waals surface area contributed by atoms with Gasteiger partial charge in [0.1, 0.15) is 0 Å². The fourth-order valence-corrected chi connectivity index (χ4v) is 11.8. The second-order valence-electron chi connectivity index (χ2n) is 18.0. The molecule has 1 unspecified atom stereocenters. The lowest BCUT2D eigenvalue weighted by Gasteiger charge is -2.40. The van der Waals surface area contributed by atoms with Gasteiger partial charge in [0.25, 0.3) is 0 Å². The van der Waals surface area contributed by atoms with E-state index in [1.54, 1.807) is 0 Å². The molecular weight excluding hydrogens is 809 g/mol. The van der Waals surface area contributed by atoms with Gasteiger partial charge in [-0.15, -0.1) is 0 Å². The van der Waals surface area contributed by atoms with Gasteiger partial charge in [-0.2, -0.15) is 0 Å². The molecule has 1 heterocycles. The Hall–Kier alpha value is -8.72. The third-order valence-corrected chi connectivity index (χ3v) is 14.6. The molecule has 67 heavy (non-hydrogen) atoms. The Balaban J connectivity index is 1.05. The van der Waals surface area contributed by atoms with Crippen molar-refractivity contribution in [1.29, 1.82) is 0 Å². The zero-order chi connectivity index (χ0) is 44.1. The molecule has 0 aliphatic heterocycles. The third kappa shape index (κ3) is 5.45. The van der Waals surface area contributed by atoms with Crippen molar-refractivity contribution in [2.24, 2.45) is 0 Å². The molecule has 0 saturated carbocycles. The van der Waals surface area contributed by atoms with Crippen LogP contribution in [0.3, 0.4) is 0 Å². The summed E-state index contributed by atoms with van der Waals surface area (Å²) in [5, 5.41) is 5.07. The molecule has 1 atom stereocenters. The highest BCUT2D eigenvalue weighted by atomic mass is 15.1. The van der Waals surface area contributed by atoms with Crippen molar-refractivity contribution in [1.82, 2.24) is 4.57 Å². The average Bonchev–Trinajstić information content (AvgIpc) is 3.89. The van der Waals surface area contributed by atoms with E-state index in [4.69, 9.17) is 0 Å². The van der Waals surface area contributed by atoms with Gasteiger partial charge in [-0.3, -0.25) is 0 Å². The highest BCUT2D eigenvalue weighted by molar-refractivity contribution is 6.13. The predicted molar refractivity (Wildman–Crippen MR) is 280 cm³/mol. The number of benzene rings is 11. The molecule has 0 amide bonds. The number of anilines is 3. The minimum Gasteiger partial charge on any atom is -0.310 e. The highest BCUT2D eigenvalue weighted by Crippen LogP contribution is 2.63. The number of rotatable bonds is 6. The molecule has 2 nitrogen and oxygen atoms in total. The minimum atomic E-state index is -0.577. The van der Waals surface area contributed by atoms with Gasteiger partial charge in [-0.05, 0) is 132 Å². The molecule has 1 spiro atoms. The molecule has 0 bridgehead atoms. The molecule has 1 aromatic heterocycles. The number of nitrogens with zero attached hydrogens (tertiary/aromatic N) is 2. The first-order chi connectivity index (χ1) is 33.3. The summed E-state index contributed by atoms with van der Waals surface area (Å²) in [5.74, 6) is 0. The zero-order valence-electron chi connectivity index (χ0n) is 36.6. The number of para-hydroxylation sites is 2. The second kappa shape index (κ2) is 14.7. The van der Waals surface area contributed by atoms with E-state index in [0.29, 0.717) is 0 Å². The molecule has 312 valence electrons. The Morgan fingerprint density at radius 3 is 1.55 bits per heavy atom. The molecule has 2 aliphatic carbocycles. The van der Waals surface area contributed by atoms with Crippen molar-refractivity contribution < 1.29 is 0 Å². The number of aromatic nitrogens is 1. The van der Waals surface area contributed by atoms with Crippen LogP contribution in [0.1, 0.15) is 22.3 Å².